The third-order valence-corrected chi connectivity index (χ3v) is 5.57. The summed E-state index contributed by atoms with van der Waals surface area (Å²) in [6.07, 6.45) is 2.27. The monoisotopic (exact) mass is 280 g/mol. The van der Waals surface area contributed by atoms with E-state index >= 15 is 0 Å². The second-order valence-corrected chi connectivity index (χ2v) is 6.91. The SMILES string of the molecule is CC1C2CNCC2CN1C1CCN(C(=O)N(C)C)CC1. The van der Waals surface area contributed by atoms with Gasteiger partial charge in [0.05, 0.1) is 0 Å². The van der Waals surface area contributed by atoms with Gasteiger partial charge in [-0.2, -0.15) is 0 Å². The Bertz CT molecular complexity index is 365. The first kappa shape index (κ1) is 14.1. The molecule has 3 rings (SSSR count). The van der Waals surface area contributed by atoms with Gasteiger partial charge in [-0.3, -0.25) is 4.90 Å². The van der Waals surface area contributed by atoms with Crippen LogP contribution < -0.4 is 5.32 Å². The lowest BCUT2D eigenvalue weighted by Gasteiger charge is -2.40. The standard InChI is InChI=1S/C15H28N4O/c1-11-14-9-16-8-12(14)10-19(11)13-4-6-18(7-5-13)15(20)17(2)3/h11-14,16H,4-10H2,1-3H3. The van der Waals surface area contributed by atoms with Crippen molar-refractivity contribution in [2.45, 2.75) is 31.8 Å². The van der Waals surface area contributed by atoms with Gasteiger partial charge in [-0.05, 0) is 44.7 Å². The zero-order valence-electron chi connectivity index (χ0n) is 13.0. The molecular weight excluding hydrogens is 252 g/mol. The van der Waals surface area contributed by atoms with Crippen LogP contribution in [-0.2, 0) is 0 Å². The summed E-state index contributed by atoms with van der Waals surface area (Å²) in [5.41, 5.74) is 0. The summed E-state index contributed by atoms with van der Waals surface area (Å²) < 4.78 is 0. The number of nitrogens with zero attached hydrogens (tertiary/aromatic N) is 3. The fraction of sp³-hybridized carbons (Fsp3) is 0.933. The smallest absolute Gasteiger partial charge is 0.319 e. The van der Waals surface area contributed by atoms with Crippen molar-refractivity contribution in [3.8, 4) is 0 Å². The number of rotatable bonds is 1. The maximum absolute atomic E-state index is 12.0. The molecule has 3 aliphatic heterocycles. The second-order valence-electron chi connectivity index (χ2n) is 6.91. The summed E-state index contributed by atoms with van der Waals surface area (Å²) in [6.45, 7) is 7.88. The Kier molecular flexibility index (Phi) is 3.91. The topological polar surface area (TPSA) is 38.8 Å². The molecule has 3 saturated heterocycles. The maximum Gasteiger partial charge on any atom is 0.319 e. The molecule has 5 heteroatoms. The third kappa shape index (κ3) is 2.42. The van der Waals surface area contributed by atoms with Crippen molar-refractivity contribution in [1.29, 1.82) is 0 Å². The number of urea groups is 1. The quantitative estimate of drug-likeness (QED) is 0.767. The number of fused-ring (bicyclic) bond motifs is 1. The van der Waals surface area contributed by atoms with Crippen LogP contribution in [0.15, 0.2) is 0 Å². The fourth-order valence-corrected chi connectivity index (χ4v) is 4.35. The molecule has 0 aromatic carbocycles. The van der Waals surface area contributed by atoms with E-state index in [9.17, 15) is 4.79 Å². The average molecular weight is 280 g/mol. The van der Waals surface area contributed by atoms with Crippen LogP contribution in [0.25, 0.3) is 0 Å². The Morgan fingerprint density at radius 3 is 2.50 bits per heavy atom. The first-order valence-electron chi connectivity index (χ1n) is 8.00. The van der Waals surface area contributed by atoms with Crippen LogP contribution in [-0.4, -0.2) is 79.6 Å². The summed E-state index contributed by atoms with van der Waals surface area (Å²) in [6, 6.07) is 1.55. The highest BCUT2D eigenvalue weighted by Crippen LogP contribution is 2.35. The Morgan fingerprint density at radius 1 is 1.20 bits per heavy atom. The highest BCUT2D eigenvalue weighted by atomic mass is 16.2. The highest BCUT2D eigenvalue weighted by molar-refractivity contribution is 5.73. The van der Waals surface area contributed by atoms with E-state index in [4.69, 9.17) is 0 Å². The van der Waals surface area contributed by atoms with E-state index in [2.05, 4.69) is 17.1 Å². The van der Waals surface area contributed by atoms with Gasteiger partial charge in [0.15, 0.2) is 0 Å². The summed E-state index contributed by atoms with van der Waals surface area (Å²) >= 11 is 0. The number of piperidine rings is 1. The van der Waals surface area contributed by atoms with E-state index in [0.717, 1.165) is 37.8 Å². The molecule has 0 saturated carbocycles. The second kappa shape index (κ2) is 5.53. The molecule has 0 aliphatic carbocycles. The number of amides is 2. The number of carbonyl (C=O) groups is 1. The molecule has 3 fully saturated rings. The van der Waals surface area contributed by atoms with Gasteiger partial charge in [0.2, 0.25) is 0 Å². The van der Waals surface area contributed by atoms with Crippen LogP contribution >= 0.6 is 0 Å². The van der Waals surface area contributed by atoms with E-state index in [1.807, 2.05) is 19.0 Å². The predicted octanol–water partition coefficient (Wildman–Crippen LogP) is 0.672. The molecule has 0 spiro atoms. The number of hydrogen-bond donors (Lipinski definition) is 1. The van der Waals surface area contributed by atoms with Gasteiger partial charge in [-0.25, -0.2) is 4.79 Å². The Morgan fingerprint density at radius 2 is 1.90 bits per heavy atom. The van der Waals surface area contributed by atoms with Crippen LogP contribution in [0.4, 0.5) is 4.79 Å². The molecule has 3 aliphatic rings. The number of hydrogen-bond acceptors (Lipinski definition) is 3. The molecule has 0 radical (unpaired) electrons. The molecule has 1 N–H and O–H groups in total. The lowest BCUT2D eigenvalue weighted by Crippen LogP contribution is -2.50. The molecule has 0 aromatic heterocycles. The summed E-state index contributed by atoms with van der Waals surface area (Å²) in [7, 11) is 3.68. The summed E-state index contributed by atoms with van der Waals surface area (Å²) in [5, 5.41) is 3.53. The molecule has 20 heavy (non-hydrogen) atoms. The molecule has 0 aromatic rings. The molecule has 3 heterocycles. The van der Waals surface area contributed by atoms with Crippen molar-refractivity contribution in [1.82, 2.24) is 20.0 Å². The fourth-order valence-electron chi connectivity index (χ4n) is 4.35. The molecule has 5 nitrogen and oxygen atoms in total. The zero-order chi connectivity index (χ0) is 14.3. The van der Waals surface area contributed by atoms with E-state index < -0.39 is 0 Å². The minimum absolute atomic E-state index is 0.166. The Balaban J connectivity index is 1.55. The van der Waals surface area contributed by atoms with E-state index in [1.165, 1.54) is 19.6 Å². The van der Waals surface area contributed by atoms with Gasteiger partial charge < -0.3 is 15.1 Å². The van der Waals surface area contributed by atoms with Gasteiger partial charge >= 0.3 is 6.03 Å². The minimum Gasteiger partial charge on any atom is -0.331 e. The number of carbonyl (C=O) groups excluding carboxylic acids is 1. The van der Waals surface area contributed by atoms with Crippen molar-refractivity contribution in [3.05, 3.63) is 0 Å². The van der Waals surface area contributed by atoms with Gasteiger partial charge in [0, 0.05) is 45.8 Å². The van der Waals surface area contributed by atoms with Crippen molar-refractivity contribution in [3.63, 3.8) is 0 Å². The zero-order valence-corrected chi connectivity index (χ0v) is 13.0. The highest BCUT2D eigenvalue weighted by Gasteiger charge is 2.44. The maximum atomic E-state index is 12.0. The van der Waals surface area contributed by atoms with Crippen LogP contribution in [0.2, 0.25) is 0 Å². The summed E-state index contributed by atoms with van der Waals surface area (Å²) in [5.74, 6) is 1.70. The third-order valence-electron chi connectivity index (χ3n) is 5.57. The lowest BCUT2D eigenvalue weighted by atomic mass is 9.95. The van der Waals surface area contributed by atoms with Gasteiger partial charge in [0.25, 0.3) is 0 Å². The van der Waals surface area contributed by atoms with Crippen molar-refractivity contribution < 1.29 is 4.79 Å². The van der Waals surface area contributed by atoms with Gasteiger partial charge in [-0.15, -0.1) is 0 Å². The largest absolute Gasteiger partial charge is 0.331 e. The van der Waals surface area contributed by atoms with Crippen LogP contribution in [0.3, 0.4) is 0 Å². The average Bonchev–Trinajstić information content (AvgIpc) is 3.02. The molecule has 3 unspecified atom stereocenters. The van der Waals surface area contributed by atoms with Crippen LogP contribution in [0.5, 0.6) is 0 Å². The lowest BCUT2D eigenvalue weighted by molar-refractivity contribution is 0.0962. The molecule has 0 bridgehead atoms. The van der Waals surface area contributed by atoms with Gasteiger partial charge in [0.1, 0.15) is 0 Å². The van der Waals surface area contributed by atoms with Crippen LogP contribution in [0, 0.1) is 11.8 Å². The number of nitrogens with one attached hydrogen (secondary N) is 1. The van der Waals surface area contributed by atoms with E-state index in [1.54, 1.807) is 4.90 Å². The molecule has 3 atom stereocenters. The van der Waals surface area contributed by atoms with Crippen molar-refractivity contribution >= 4 is 6.03 Å². The molecule has 114 valence electrons. The minimum atomic E-state index is 0.166. The Labute approximate surface area is 122 Å². The normalized spacial score (nSPS) is 35.4. The first-order valence-corrected chi connectivity index (χ1v) is 8.00. The number of likely N-dealkylation sites (tertiary alicyclic amines) is 2. The molecule has 2 amide bonds. The summed E-state index contributed by atoms with van der Waals surface area (Å²) in [4.78, 5) is 18.4. The predicted molar refractivity (Wildman–Crippen MR) is 79.7 cm³/mol. The molecular formula is C15H28N4O. The van der Waals surface area contributed by atoms with Crippen molar-refractivity contribution in [2.24, 2.45) is 11.8 Å². The van der Waals surface area contributed by atoms with E-state index in [0.29, 0.717) is 12.1 Å². The van der Waals surface area contributed by atoms with Gasteiger partial charge in [-0.1, -0.05) is 0 Å². The van der Waals surface area contributed by atoms with Crippen LogP contribution in [0.1, 0.15) is 19.8 Å². The van der Waals surface area contributed by atoms with E-state index in [-0.39, 0.29) is 6.03 Å². The first-order chi connectivity index (χ1) is 9.58. The van der Waals surface area contributed by atoms with Crippen molar-refractivity contribution in [2.75, 3.05) is 46.8 Å². The Hall–Kier alpha value is -0.810.